The van der Waals surface area contributed by atoms with Crippen molar-refractivity contribution < 1.29 is 0 Å². The van der Waals surface area contributed by atoms with Gasteiger partial charge in [0.1, 0.15) is 0 Å². The number of nitrogens with zero attached hydrogens (tertiary/aromatic N) is 2. The lowest BCUT2D eigenvalue weighted by atomic mass is 9.87. The van der Waals surface area contributed by atoms with Gasteiger partial charge in [-0.05, 0) is 41.3 Å². The van der Waals surface area contributed by atoms with Crippen LogP contribution in [0.25, 0.3) is 11.3 Å². The van der Waals surface area contributed by atoms with Crippen molar-refractivity contribution >= 4 is 17.3 Å². The van der Waals surface area contributed by atoms with Crippen LogP contribution in [0, 0.1) is 0 Å². The molecule has 3 aromatic rings. The average Bonchev–Trinajstić information content (AvgIpc) is 2.55. The van der Waals surface area contributed by atoms with Crippen LogP contribution < -0.4 is 11.1 Å². The third kappa shape index (κ3) is 3.71. The van der Waals surface area contributed by atoms with Gasteiger partial charge in [0.2, 0.25) is 5.95 Å². The summed E-state index contributed by atoms with van der Waals surface area (Å²) in [7, 11) is 0. The lowest BCUT2D eigenvalue weighted by Gasteiger charge is -2.19. The molecule has 0 aliphatic rings. The van der Waals surface area contributed by atoms with Gasteiger partial charge in [-0.15, -0.1) is 0 Å². The Morgan fingerprint density at radius 1 is 0.958 bits per heavy atom. The lowest BCUT2D eigenvalue weighted by molar-refractivity contribution is 0.590. The van der Waals surface area contributed by atoms with Gasteiger partial charge in [0, 0.05) is 23.1 Å². The van der Waals surface area contributed by atoms with Crippen LogP contribution in [0.4, 0.5) is 17.3 Å². The molecule has 0 saturated carbocycles. The molecular formula is C20H22N4. The second-order valence-corrected chi connectivity index (χ2v) is 6.84. The Labute approximate surface area is 142 Å². The summed E-state index contributed by atoms with van der Waals surface area (Å²) in [4.78, 5) is 8.87. The molecule has 0 bridgehead atoms. The van der Waals surface area contributed by atoms with Crippen LogP contribution in [0.3, 0.4) is 0 Å². The topological polar surface area (TPSA) is 63.8 Å². The Morgan fingerprint density at radius 3 is 2.38 bits per heavy atom. The highest BCUT2D eigenvalue weighted by molar-refractivity contribution is 5.65. The number of aromatic nitrogens is 2. The Balaban J connectivity index is 1.82. The van der Waals surface area contributed by atoms with E-state index in [0.29, 0.717) is 5.95 Å². The second kappa shape index (κ2) is 6.32. The van der Waals surface area contributed by atoms with Gasteiger partial charge in [-0.25, -0.2) is 9.97 Å². The first kappa shape index (κ1) is 16.0. The molecule has 3 rings (SSSR count). The van der Waals surface area contributed by atoms with Crippen LogP contribution >= 0.6 is 0 Å². The highest BCUT2D eigenvalue weighted by Crippen LogP contribution is 2.25. The molecule has 2 aromatic carbocycles. The smallest absolute Gasteiger partial charge is 0.227 e. The van der Waals surface area contributed by atoms with Gasteiger partial charge < -0.3 is 11.1 Å². The summed E-state index contributed by atoms with van der Waals surface area (Å²) in [6, 6.07) is 17.9. The first-order valence-corrected chi connectivity index (χ1v) is 7.98. The van der Waals surface area contributed by atoms with Gasteiger partial charge in [0.05, 0.1) is 5.69 Å². The second-order valence-electron chi connectivity index (χ2n) is 6.84. The highest BCUT2D eigenvalue weighted by atomic mass is 15.1. The van der Waals surface area contributed by atoms with Crippen molar-refractivity contribution in [2.45, 2.75) is 26.2 Å². The molecule has 4 nitrogen and oxygen atoms in total. The molecule has 0 amide bonds. The van der Waals surface area contributed by atoms with Gasteiger partial charge in [-0.3, -0.25) is 0 Å². The zero-order valence-corrected chi connectivity index (χ0v) is 14.2. The van der Waals surface area contributed by atoms with E-state index in [0.717, 1.165) is 22.6 Å². The summed E-state index contributed by atoms with van der Waals surface area (Å²) in [5, 5.41) is 3.25. The van der Waals surface area contributed by atoms with Crippen LogP contribution in [0.2, 0.25) is 0 Å². The van der Waals surface area contributed by atoms with E-state index in [1.165, 1.54) is 5.56 Å². The molecule has 1 heterocycles. The van der Waals surface area contributed by atoms with Gasteiger partial charge in [0.15, 0.2) is 0 Å². The molecule has 3 N–H and O–H groups in total. The fraction of sp³-hybridized carbons (Fsp3) is 0.200. The van der Waals surface area contributed by atoms with Crippen molar-refractivity contribution in [1.82, 2.24) is 9.97 Å². The van der Waals surface area contributed by atoms with Crippen molar-refractivity contribution in [2.24, 2.45) is 0 Å². The number of anilines is 3. The zero-order valence-electron chi connectivity index (χ0n) is 14.2. The number of nitrogens with one attached hydrogen (secondary N) is 1. The third-order valence-corrected chi connectivity index (χ3v) is 3.85. The Hall–Kier alpha value is -2.88. The van der Waals surface area contributed by atoms with Crippen LogP contribution in [-0.4, -0.2) is 9.97 Å². The number of nitrogens with two attached hydrogens (primary N) is 1. The summed E-state index contributed by atoms with van der Waals surface area (Å²) in [5.74, 6) is 0.568. The highest BCUT2D eigenvalue weighted by Gasteiger charge is 2.13. The molecule has 0 fully saturated rings. The quantitative estimate of drug-likeness (QED) is 0.683. The standard InChI is InChI=1S/C20H22N4/c1-20(2,3)15-7-9-17(10-8-15)23-19-22-12-11-18(24-19)14-5-4-6-16(21)13-14/h4-13H,21H2,1-3H3,(H,22,23,24). The maximum absolute atomic E-state index is 5.85. The normalized spacial score (nSPS) is 11.3. The molecular weight excluding hydrogens is 296 g/mol. The number of rotatable bonds is 3. The largest absolute Gasteiger partial charge is 0.399 e. The molecule has 0 unspecified atom stereocenters. The van der Waals surface area contributed by atoms with Gasteiger partial charge in [0.25, 0.3) is 0 Å². The Kier molecular flexibility index (Phi) is 4.21. The lowest BCUT2D eigenvalue weighted by Crippen LogP contribution is -2.10. The minimum absolute atomic E-state index is 0.141. The molecule has 0 aliphatic carbocycles. The molecule has 0 saturated heterocycles. The SMILES string of the molecule is CC(C)(C)c1ccc(Nc2nccc(-c3cccc(N)c3)n2)cc1. The fourth-order valence-corrected chi connectivity index (χ4v) is 2.46. The first-order chi connectivity index (χ1) is 11.4. The minimum atomic E-state index is 0.141. The van der Waals surface area contributed by atoms with E-state index < -0.39 is 0 Å². The summed E-state index contributed by atoms with van der Waals surface area (Å²) >= 11 is 0. The number of hydrogen-bond acceptors (Lipinski definition) is 4. The van der Waals surface area contributed by atoms with E-state index in [2.05, 4.69) is 60.3 Å². The van der Waals surface area contributed by atoms with E-state index >= 15 is 0 Å². The van der Waals surface area contributed by atoms with E-state index in [9.17, 15) is 0 Å². The molecule has 0 atom stereocenters. The maximum atomic E-state index is 5.85. The van der Waals surface area contributed by atoms with Crippen molar-refractivity contribution in [3.8, 4) is 11.3 Å². The predicted octanol–water partition coefficient (Wildman–Crippen LogP) is 4.77. The molecule has 1 aromatic heterocycles. The minimum Gasteiger partial charge on any atom is -0.399 e. The van der Waals surface area contributed by atoms with Gasteiger partial charge in [-0.1, -0.05) is 45.0 Å². The molecule has 0 aliphatic heterocycles. The van der Waals surface area contributed by atoms with E-state index in [1.54, 1.807) is 6.20 Å². The third-order valence-electron chi connectivity index (χ3n) is 3.85. The fourth-order valence-electron chi connectivity index (χ4n) is 2.46. The Morgan fingerprint density at radius 2 is 1.71 bits per heavy atom. The maximum Gasteiger partial charge on any atom is 0.227 e. The van der Waals surface area contributed by atoms with Gasteiger partial charge >= 0.3 is 0 Å². The van der Waals surface area contributed by atoms with Crippen molar-refractivity contribution in [3.05, 3.63) is 66.4 Å². The number of hydrogen-bond donors (Lipinski definition) is 2. The monoisotopic (exact) mass is 318 g/mol. The van der Waals surface area contributed by atoms with E-state index in [-0.39, 0.29) is 5.41 Å². The van der Waals surface area contributed by atoms with Crippen molar-refractivity contribution in [3.63, 3.8) is 0 Å². The predicted molar refractivity (Wildman–Crippen MR) is 100 cm³/mol. The van der Waals surface area contributed by atoms with E-state index in [4.69, 9.17) is 5.73 Å². The molecule has 24 heavy (non-hydrogen) atoms. The summed E-state index contributed by atoms with van der Waals surface area (Å²) in [5.41, 5.74) is 10.8. The van der Waals surface area contributed by atoms with Crippen molar-refractivity contribution in [1.29, 1.82) is 0 Å². The molecule has 0 spiro atoms. The molecule has 122 valence electrons. The van der Waals surface area contributed by atoms with Crippen LogP contribution in [0.15, 0.2) is 60.8 Å². The summed E-state index contributed by atoms with van der Waals surface area (Å²) < 4.78 is 0. The molecule has 4 heteroatoms. The summed E-state index contributed by atoms with van der Waals surface area (Å²) in [6.07, 6.45) is 1.75. The van der Waals surface area contributed by atoms with Crippen LogP contribution in [0.1, 0.15) is 26.3 Å². The Bertz CT molecular complexity index is 833. The van der Waals surface area contributed by atoms with E-state index in [1.807, 2.05) is 30.3 Å². The summed E-state index contributed by atoms with van der Waals surface area (Å²) in [6.45, 7) is 6.61. The van der Waals surface area contributed by atoms with Crippen molar-refractivity contribution in [2.75, 3.05) is 11.1 Å². The average molecular weight is 318 g/mol. The van der Waals surface area contributed by atoms with Gasteiger partial charge in [-0.2, -0.15) is 0 Å². The zero-order chi connectivity index (χ0) is 17.2. The number of benzene rings is 2. The van der Waals surface area contributed by atoms with Crippen LogP contribution in [-0.2, 0) is 5.41 Å². The molecule has 0 radical (unpaired) electrons. The first-order valence-electron chi connectivity index (χ1n) is 7.98. The number of nitrogen functional groups attached to an aromatic ring is 1. The van der Waals surface area contributed by atoms with Crippen LogP contribution in [0.5, 0.6) is 0 Å².